The largest absolute Gasteiger partial charge is 0.306 e. The average Bonchev–Trinajstić information content (AvgIpc) is 2.62. The number of rotatable bonds is 3. The van der Waals surface area contributed by atoms with Crippen molar-refractivity contribution >= 4 is 0 Å². The first-order valence-corrected chi connectivity index (χ1v) is 6.28. The van der Waals surface area contributed by atoms with Crippen molar-refractivity contribution in [2.75, 3.05) is 0 Å². The molecule has 1 saturated carbocycles. The van der Waals surface area contributed by atoms with Crippen molar-refractivity contribution < 1.29 is 4.39 Å². The van der Waals surface area contributed by atoms with Crippen molar-refractivity contribution in [3.8, 4) is 0 Å². The van der Waals surface area contributed by atoms with Crippen LogP contribution in [-0.4, -0.2) is 6.04 Å². The minimum absolute atomic E-state index is 0.173. The van der Waals surface area contributed by atoms with Gasteiger partial charge in [0, 0.05) is 12.1 Å². The Kier molecular flexibility index (Phi) is 2.81. The second kappa shape index (κ2) is 3.81. The Bertz CT molecular complexity index is 391. The van der Waals surface area contributed by atoms with E-state index in [-0.39, 0.29) is 11.9 Å². The molecule has 1 aromatic rings. The van der Waals surface area contributed by atoms with Crippen molar-refractivity contribution in [1.29, 1.82) is 0 Å². The van der Waals surface area contributed by atoms with E-state index in [2.05, 4.69) is 39.9 Å². The summed E-state index contributed by atoms with van der Waals surface area (Å²) in [6, 6.07) is 7.55. The summed E-state index contributed by atoms with van der Waals surface area (Å²) in [5, 5.41) is 3.65. The van der Waals surface area contributed by atoms with Crippen LogP contribution in [0, 0.1) is 16.6 Å². The molecule has 1 aromatic carbocycles. The number of nitrogens with one attached hydrogen (secondary N) is 1. The van der Waals surface area contributed by atoms with E-state index in [4.69, 9.17) is 0 Å². The molecule has 1 N–H and O–H groups in total. The van der Waals surface area contributed by atoms with Crippen LogP contribution in [0.3, 0.4) is 0 Å². The fourth-order valence-corrected chi connectivity index (χ4v) is 2.71. The summed E-state index contributed by atoms with van der Waals surface area (Å²) >= 11 is 0. The van der Waals surface area contributed by atoms with Gasteiger partial charge >= 0.3 is 0 Å². The van der Waals surface area contributed by atoms with Gasteiger partial charge in [-0.15, -0.1) is 0 Å². The van der Waals surface area contributed by atoms with Crippen molar-refractivity contribution in [1.82, 2.24) is 5.32 Å². The fraction of sp³-hybridized carbons (Fsp3) is 0.600. The van der Waals surface area contributed by atoms with Crippen LogP contribution in [0.2, 0.25) is 0 Å². The zero-order chi connectivity index (χ0) is 12.8. The Morgan fingerprint density at radius 2 is 1.53 bits per heavy atom. The molecule has 0 radical (unpaired) electrons. The number of benzene rings is 1. The highest BCUT2D eigenvalue weighted by Gasteiger charge is 2.64. The lowest BCUT2D eigenvalue weighted by Crippen LogP contribution is -2.25. The molecule has 0 aliphatic heterocycles. The molecule has 1 aliphatic carbocycles. The van der Waals surface area contributed by atoms with Gasteiger partial charge in [0.2, 0.25) is 0 Å². The third-order valence-electron chi connectivity index (χ3n) is 4.81. The van der Waals surface area contributed by atoms with Crippen LogP contribution in [0.15, 0.2) is 24.3 Å². The van der Waals surface area contributed by atoms with E-state index >= 15 is 0 Å². The summed E-state index contributed by atoms with van der Waals surface area (Å²) in [6.07, 6.45) is 0. The Morgan fingerprint density at radius 1 is 1.06 bits per heavy atom. The van der Waals surface area contributed by atoms with E-state index in [0.29, 0.717) is 16.9 Å². The molecule has 2 heteroatoms. The molecule has 17 heavy (non-hydrogen) atoms. The maximum absolute atomic E-state index is 12.9. The van der Waals surface area contributed by atoms with E-state index < -0.39 is 0 Å². The fourth-order valence-electron chi connectivity index (χ4n) is 2.71. The Balaban J connectivity index is 2.04. The Morgan fingerprint density at radius 3 is 1.94 bits per heavy atom. The van der Waals surface area contributed by atoms with Crippen LogP contribution in [0.5, 0.6) is 0 Å². The first-order chi connectivity index (χ1) is 7.76. The summed E-state index contributed by atoms with van der Waals surface area (Å²) in [6.45, 7) is 11.3. The van der Waals surface area contributed by atoms with Gasteiger partial charge in [-0.1, -0.05) is 39.8 Å². The van der Waals surface area contributed by atoms with Crippen LogP contribution >= 0.6 is 0 Å². The van der Waals surface area contributed by atoms with Crippen LogP contribution < -0.4 is 5.32 Å². The molecule has 0 saturated heterocycles. The molecule has 1 unspecified atom stereocenters. The van der Waals surface area contributed by atoms with Gasteiger partial charge in [-0.25, -0.2) is 4.39 Å². The lowest BCUT2D eigenvalue weighted by Gasteiger charge is -2.16. The molecular formula is C15H22FN. The normalized spacial score (nSPS) is 23.4. The molecule has 1 nitrogen and oxygen atoms in total. The maximum Gasteiger partial charge on any atom is 0.123 e. The highest BCUT2D eigenvalue weighted by atomic mass is 19.1. The van der Waals surface area contributed by atoms with E-state index in [1.807, 2.05) is 12.1 Å². The smallest absolute Gasteiger partial charge is 0.123 e. The molecule has 1 aliphatic rings. The van der Waals surface area contributed by atoms with Gasteiger partial charge in [-0.3, -0.25) is 0 Å². The summed E-state index contributed by atoms with van der Waals surface area (Å²) in [4.78, 5) is 0. The highest BCUT2D eigenvalue weighted by molar-refractivity contribution is 5.23. The van der Waals surface area contributed by atoms with Crippen LogP contribution in [0.1, 0.15) is 46.2 Å². The first-order valence-electron chi connectivity index (χ1n) is 6.28. The zero-order valence-corrected chi connectivity index (χ0v) is 11.3. The zero-order valence-electron chi connectivity index (χ0n) is 11.3. The first kappa shape index (κ1) is 12.6. The maximum atomic E-state index is 12.9. The molecule has 0 bridgehead atoms. The molecule has 94 valence electrons. The van der Waals surface area contributed by atoms with Crippen LogP contribution in [0.4, 0.5) is 4.39 Å². The molecule has 0 aromatic heterocycles. The molecular weight excluding hydrogens is 213 g/mol. The quantitative estimate of drug-likeness (QED) is 0.837. The third kappa shape index (κ3) is 1.99. The molecule has 2 rings (SSSR count). The average molecular weight is 235 g/mol. The SMILES string of the molecule is CC(NC1C(C)(C)C1(C)C)c1ccc(F)cc1. The highest BCUT2D eigenvalue weighted by Crippen LogP contribution is 2.63. The standard InChI is InChI=1S/C15H22FN/c1-10(11-6-8-12(16)9-7-11)17-13-14(2,3)15(13,4)5/h6-10,13,17H,1-5H3. The van der Waals surface area contributed by atoms with Gasteiger partial charge in [-0.2, -0.15) is 0 Å². The molecule has 1 atom stereocenters. The summed E-state index contributed by atoms with van der Waals surface area (Å²) in [5.41, 5.74) is 1.81. The minimum atomic E-state index is -0.173. The summed E-state index contributed by atoms with van der Waals surface area (Å²) < 4.78 is 12.9. The topological polar surface area (TPSA) is 12.0 Å². The number of halogens is 1. The predicted molar refractivity (Wildman–Crippen MR) is 69.3 cm³/mol. The van der Waals surface area contributed by atoms with Crippen molar-refractivity contribution in [3.63, 3.8) is 0 Å². The summed E-state index contributed by atoms with van der Waals surface area (Å²) in [7, 11) is 0. The van der Waals surface area contributed by atoms with Crippen LogP contribution in [-0.2, 0) is 0 Å². The molecule has 0 spiro atoms. The lowest BCUT2D eigenvalue weighted by molar-refractivity contribution is 0.457. The van der Waals surface area contributed by atoms with Crippen molar-refractivity contribution in [2.24, 2.45) is 10.8 Å². The van der Waals surface area contributed by atoms with Gasteiger partial charge in [0.1, 0.15) is 5.82 Å². The van der Waals surface area contributed by atoms with Gasteiger partial charge in [0.15, 0.2) is 0 Å². The summed E-state index contributed by atoms with van der Waals surface area (Å²) in [5.74, 6) is -0.173. The third-order valence-corrected chi connectivity index (χ3v) is 4.81. The molecule has 0 heterocycles. The van der Waals surface area contributed by atoms with E-state index in [9.17, 15) is 4.39 Å². The lowest BCUT2D eigenvalue weighted by atomic mass is 10.0. The molecule has 1 fully saturated rings. The second-order valence-electron chi connectivity index (χ2n) is 6.32. The van der Waals surface area contributed by atoms with Gasteiger partial charge in [0.05, 0.1) is 0 Å². The van der Waals surface area contributed by atoms with Crippen molar-refractivity contribution in [2.45, 2.75) is 46.7 Å². The minimum Gasteiger partial charge on any atom is -0.306 e. The number of hydrogen-bond acceptors (Lipinski definition) is 1. The Hall–Kier alpha value is -0.890. The van der Waals surface area contributed by atoms with Gasteiger partial charge < -0.3 is 5.32 Å². The van der Waals surface area contributed by atoms with E-state index in [1.54, 1.807) is 0 Å². The number of hydrogen-bond donors (Lipinski definition) is 1. The van der Waals surface area contributed by atoms with Gasteiger partial charge in [-0.05, 0) is 35.4 Å². The van der Waals surface area contributed by atoms with Crippen LogP contribution in [0.25, 0.3) is 0 Å². The van der Waals surface area contributed by atoms with Gasteiger partial charge in [0.25, 0.3) is 0 Å². The monoisotopic (exact) mass is 235 g/mol. The van der Waals surface area contributed by atoms with E-state index in [1.165, 1.54) is 12.1 Å². The second-order valence-corrected chi connectivity index (χ2v) is 6.32. The molecule has 0 amide bonds. The van der Waals surface area contributed by atoms with E-state index in [0.717, 1.165) is 5.56 Å². The predicted octanol–water partition coefficient (Wildman–Crippen LogP) is 3.91. The Labute approximate surface area is 103 Å². The van der Waals surface area contributed by atoms with Crippen molar-refractivity contribution in [3.05, 3.63) is 35.6 Å².